The Kier molecular flexibility index (Phi) is 8.43. The van der Waals surface area contributed by atoms with Crippen molar-refractivity contribution >= 4 is 30.1 Å². The first-order chi connectivity index (χ1) is 6.34. The molecule has 1 atom stereocenters. The quantitative estimate of drug-likeness (QED) is 0.699. The predicted octanol–water partition coefficient (Wildman–Crippen LogP) is 0.887. The summed E-state index contributed by atoms with van der Waals surface area (Å²) in [6, 6.07) is 0. The molecule has 1 unspecified atom stereocenters. The number of carbonyl (C=O) groups excluding carboxylic acids is 1. The second kappa shape index (κ2) is 8.38. The number of hydrogen-bond acceptors (Lipinski definition) is 3. The van der Waals surface area contributed by atoms with Crippen molar-refractivity contribution in [3.63, 3.8) is 0 Å². The summed E-state index contributed by atoms with van der Waals surface area (Å²) in [6.07, 6.45) is 4.16. The number of hydrogen-bond donors (Lipinski definition) is 2. The van der Waals surface area contributed by atoms with Gasteiger partial charge in [0.15, 0.2) is 0 Å². The van der Waals surface area contributed by atoms with Crippen LogP contribution in [0.4, 0.5) is 0 Å². The van der Waals surface area contributed by atoms with Crippen LogP contribution in [0.2, 0.25) is 0 Å². The van der Waals surface area contributed by atoms with Crippen molar-refractivity contribution in [3.8, 4) is 0 Å². The van der Waals surface area contributed by atoms with Crippen molar-refractivity contribution < 1.29 is 4.79 Å². The largest absolute Gasteiger partial charge is 0.356 e. The van der Waals surface area contributed by atoms with E-state index in [1.807, 2.05) is 11.8 Å². The minimum absolute atomic E-state index is 0. The van der Waals surface area contributed by atoms with Crippen molar-refractivity contribution in [1.82, 2.24) is 10.6 Å². The van der Waals surface area contributed by atoms with Crippen LogP contribution in [0.5, 0.6) is 0 Å². The van der Waals surface area contributed by atoms with Crippen LogP contribution in [0.1, 0.15) is 12.8 Å². The Bertz CT molecular complexity index is 163. The molecule has 2 N–H and O–H groups in total. The van der Waals surface area contributed by atoms with E-state index in [-0.39, 0.29) is 24.2 Å². The highest BCUT2D eigenvalue weighted by molar-refractivity contribution is 7.98. The van der Waals surface area contributed by atoms with Crippen LogP contribution in [0.3, 0.4) is 0 Å². The number of nitrogens with one attached hydrogen (secondary N) is 2. The van der Waals surface area contributed by atoms with E-state index in [0.717, 1.165) is 38.2 Å². The molecule has 0 aromatic carbocycles. The lowest BCUT2D eigenvalue weighted by Crippen LogP contribution is -2.32. The Balaban J connectivity index is 0.00000169. The molecule has 84 valence electrons. The summed E-state index contributed by atoms with van der Waals surface area (Å²) in [7, 11) is 0. The van der Waals surface area contributed by atoms with Gasteiger partial charge >= 0.3 is 0 Å². The second-order valence-corrected chi connectivity index (χ2v) is 4.31. The standard InChI is InChI=1S/C9H18N2OS.ClH/c1-13-6-2-4-11-9(12)8-3-5-10-7-8;/h8,10H,2-7H2,1H3,(H,11,12);1H. The first-order valence-corrected chi connectivity index (χ1v) is 6.21. The van der Waals surface area contributed by atoms with Gasteiger partial charge in [-0.3, -0.25) is 4.79 Å². The van der Waals surface area contributed by atoms with Crippen molar-refractivity contribution in [3.05, 3.63) is 0 Å². The van der Waals surface area contributed by atoms with Crippen LogP contribution in [0.25, 0.3) is 0 Å². The molecule has 0 saturated carbocycles. The molecule has 1 heterocycles. The molecule has 1 amide bonds. The molecule has 0 radical (unpaired) electrons. The fraction of sp³-hybridized carbons (Fsp3) is 0.889. The highest BCUT2D eigenvalue weighted by Crippen LogP contribution is 2.06. The Hall–Kier alpha value is 0.0700. The maximum absolute atomic E-state index is 11.5. The zero-order valence-electron chi connectivity index (χ0n) is 8.54. The smallest absolute Gasteiger partial charge is 0.224 e. The van der Waals surface area contributed by atoms with Gasteiger partial charge in [-0.2, -0.15) is 11.8 Å². The summed E-state index contributed by atoms with van der Waals surface area (Å²) in [6.45, 7) is 2.67. The van der Waals surface area contributed by atoms with E-state index in [4.69, 9.17) is 0 Å². The van der Waals surface area contributed by atoms with Crippen molar-refractivity contribution in [1.29, 1.82) is 0 Å². The van der Waals surface area contributed by atoms with Gasteiger partial charge in [-0.1, -0.05) is 0 Å². The molecule has 0 aliphatic carbocycles. The van der Waals surface area contributed by atoms with Crippen LogP contribution in [0.15, 0.2) is 0 Å². The Labute approximate surface area is 96.2 Å². The summed E-state index contributed by atoms with van der Waals surface area (Å²) in [5.74, 6) is 1.57. The van der Waals surface area contributed by atoms with Gasteiger partial charge in [0.25, 0.3) is 0 Å². The fourth-order valence-corrected chi connectivity index (χ4v) is 1.88. The molecular formula is C9H19ClN2OS. The third-order valence-corrected chi connectivity index (χ3v) is 2.95. The predicted molar refractivity (Wildman–Crippen MR) is 64.2 cm³/mol. The monoisotopic (exact) mass is 238 g/mol. The fourth-order valence-electron chi connectivity index (χ4n) is 1.45. The first kappa shape index (κ1) is 14.1. The molecule has 1 aliphatic rings. The van der Waals surface area contributed by atoms with Gasteiger partial charge in [0.2, 0.25) is 5.91 Å². The molecule has 0 bridgehead atoms. The van der Waals surface area contributed by atoms with Gasteiger partial charge in [-0.15, -0.1) is 12.4 Å². The zero-order chi connectivity index (χ0) is 9.52. The molecule has 1 rings (SSSR count). The zero-order valence-corrected chi connectivity index (χ0v) is 10.2. The van der Waals surface area contributed by atoms with Gasteiger partial charge in [-0.05, 0) is 31.4 Å². The van der Waals surface area contributed by atoms with Gasteiger partial charge in [0, 0.05) is 13.1 Å². The normalized spacial score (nSPS) is 20.2. The molecule has 5 heteroatoms. The van der Waals surface area contributed by atoms with E-state index in [0.29, 0.717) is 0 Å². The highest BCUT2D eigenvalue weighted by Gasteiger charge is 2.21. The van der Waals surface area contributed by atoms with E-state index in [9.17, 15) is 4.79 Å². The minimum atomic E-state index is 0. The third-order valence-electron chi connectivity index (χ3n) is 2.26. The molecule has 0 aromatic rings. The van der Waals surface area contributed by atoms with Gasteiger partial charge in [-0.25, -0.2) is 0 Å². The lowest BCUT2D eigenvalue weighted by molar-refractivity contribution is -0.124. The van der Waals surface area contributed by atoms with Crippen LogP contribution in [0, 0.1) is 5.92 Å². The Morgan fingerprint density at radius 2 is 2.43 bits per heavy atom. The summed E-state index contributed by atoms with van der Waals surface area (Å²) < 4.78 is 0. The highest BCUT2D eigenvalue weighted by atomic mass is 35.5. The van der Waals surface area contributed by atoms with Crippen molar-refractivity contribution in [2.45, 2.75) is 12.8 Å². The summed E-state index contributed by atoms with van der Waals surface area (Å²) in [5.41, 5.74) is 0. The number of thioether (sulfide) groups is 1. The SMILES string of the molecule is CSCCCNC(=O)C1CCNC1.Cl. The molecule has 3 nitrogen and oxygen atoms in total. The van der Waals surface area contributed by atoms with Crippen LogP contribution in [-0.4, -0.2) is 37.6 Å². The van der Waals surface area contributed by atoms with E-state index in [2.05, 4.69) is 16.9 Å². The molecule has 14 heavy (non-hydrogen) atoms. The first-order valence-electron chi connectivity index (χ1n) is 4.82. The average Bonchev–Trinajstić information content (AvgIpc) is 2.65. The maximum atomic E-state index is 11.5. The average molecular weight is 239 g/mol. The molecule has 0 spiro atoms. The van der Waals surface area contributed by atoms with Gasteiger partial charge < -0.3 is 10.6 Å². The molecule has 1 fully saturated rings. The van der Waals surface area contributed by atoms with Crippen molar-refractivity contribution in [2.24, 2.45) is 5.92 Å². The van der Waals surface area contributed by atoms with Crippen LogP contribution in [-0.2, 0) is 4.79 Å². The number of amides is 1. The number of halogens is 1. The lowest BCUT2D eigenvalue weighted by atomic mass is 10.1. The van der Waals surface area contributed by atoms with Gasteiger partial charge in [0.05, 0.1) is 5.92 Å². The van der Waals surface area contributed by atoms with E-state index in [1.54, 1.807) is 0 Å². The van der Waals surface area contributed by atoms with E-state index in [1.165, 1.54) is 0 Å². The van der Waals surface area contributed by atoms with Crippen LogP contribution >= 0.6 is 24.2 Å². The molecule has 1 saturated heterocycles. The molecular weight excluding hydrogens is 220 g/mol. The van der Waals surface area contributed by atoms with Crippen LogP contribution < -0.4 is 10.6 Å². The Morgan fingerprint density at radius 3 is 3.00 bits per heavy atom. The third kappa shape index (κ3) is 5.08. The second-order valence-electron chi connectivity index (χ2n) is 3.33. The summed E-state index contributed by atoms with van der Waals surface area (Å²) in [5, 5.41) is 6.16. The number of carbonyl (C=O) groups is 1. The topological polar surface area (TPSA) is 41.1 Å². The van der Waals surface area contributed by atoms with E-state index >= 15 is 0 Å². The summed E-state index contributed by atoms with van der Waals surface area (Å²) in [4.78, 5) is 11.5. The summed E-state index contributed by atoms with van der Waals surface area (Å²) >= 11 is 1.82. The molecule has 1 aliphatic heterocycles. The lowest BCUT2D eigenvalue weighted by Gasteiger charge is -2.08. The Morgan fingerprint density at radius 1 is 1.64 bits per heavy atom. The van der Waals surface area contributed by atoms with Crippen molar-refractivity contribution in [2.75, 3.05) is 31.6 Å². The molecule has 0 aromatic heterocycles. The minimum Gasteiger partial charge on any atom is -0.356 e. The maximum Gasteiger partial charge on any atom is 0.224 e. The van der Waals surface area contributed by atoms with Gasteiger partial charge in [0.1, 0.15) is 0 Å². The van der Waals surface area contributed by atoms with E-state index < -0.39 is 0 Å². The number of rotatable bonds is 5.